The molecule has 0 atom stereocenters. The van der Waals surface area contributed by atoms with Crippen LogP contribution < -0.4 is 38.2 Å². The van der Waals surface area contributed by atoms with Gasteiger partial charge in [-0.2, -0.15) is 4.57 Å². The normalized spacial score (nSPS) is 13.8. The Kier molecular flexibility index (Phi) is 6.51. The molecule has 0 amide bonds. The molecule has 0 unspecified atom stereocenters. The zero-order valence-electron chi connectivity index (χ0n) is 18.7. The lowest BCUT2D eigenvalue weighted by atomic mass is 10.0. The molecule has 3 nitrogen and oxygen atoms in total. The van der Waals surface area contributed by atoms with Crippen LogP contribution in [0.5, 0.6) is 5.75 Å². The molecular formula is C28H27IN2O. The molecular weight excluding hydrogens is 507 g/mol. The lowest BCUT2D eigenvalue weighted by Crippen LogP contribution is -3.00. The molecule has 5 rings (SSSR count). The SMILES string of the molecule is CCOc1ccc2c(C=C3Cc4ccccc4N3C)cc(C)[n+](-c3ccccc3)c2c1.[I-]. The largest absolute Gasteiger partial charge is 1.00 e. The number of allylic oxidation sites excluding steroid dienone is 1. The Hall–Kier alpha value is -2.86. The molecule has 0 saturated heterocycles. The monoisotopic (exact) mass is 534 g/mol. The van der Waals surface area contributed by atoms with Crippen molar-refractivity contribution in [1.82, 2.24) is 0 Å². The van der Waals surface area contributed by atoms with E-state index in [1.54, 1.807) is 0 Å². The standard InChI is InChI=1S/C28H27N2O.HI/c1-4-31-25-14-15-26-22(18-24-17-21-10-8-9-13-27(21)29(24)3)16-20(2)30(28(26)19-25)23-11-6-5-7-12-23;/h5-16,18-19H,4,17H2,1-3H3;1H/q+1;/p-1. The van der Waals surface area contributed by atoms with E-state index in [4.69, 9.17) is 4.74 Å². The summed E-state index contributed by atoms with van der Waals surface area (Å²) in [7, 11) is 2.16. The molecule has 0 saturated carbocycles. The average Bonchev–Trinajstić information content (AvgIpc) is 3.10. The Morgan fingerprint density at radius 3 is 2.47 bits per heavy atom. The third kappa shape index (κ3) is 3.99. The van der Waals surface area contributed by atoms with Crippen molar-refractivity contribution in [3.8, 4) is 11.4 Å². The smallest absolute Gasteiger partial charge is 0.222 e. The number of rotatable bonds is 4. The molecule has 1 aliphatic rings. The van der Waals surface area contributed by atoms with Crippen molar-refractivity contribution in [2.24, 2.45) is 0 Å². The Morgan fingerprint density at radius 2 is 1.72 bits per heavy atom. The third-order valence-electron chi connectivity index (χ3n) is 6.04. The predicted octanol–water partition coefficient (Wildman–Crippen LogP) is 2.86. The van der Waals surface area contributed by atoms with Gasteiger partial charge >= 0.3 is 0 Å². The van der Waals surface area contributed by atoms with Crippen molar-refractivity contribution < 1.29 is 33.3 Å². The number of hydrogen-bond acceptors (Lipinski definition) is 2. The van der Waals surface area contributed by atoms with Crippen LogP contribution in [0.2, 0.25) is 0 Å². The summed E-state index contributed by atoms with van der Waals surface area (Å²) in [6.45, 7) is 4.85. The minimum Gasteiger partial charge on any atom is -1.00 e. The van der Waals surface area contributed by atoms with Gasteiger partial charge in [-0.3, -0.25) is 0 Å². The molecule has 0 fully saturated rings. The Morgan fingerprint density at radius 1 is 0.969 bits per heavy atom. The highest BCUT2D eigenvalue weighted by atomic mass is 127. The number of aromatic nitrogens is 1. The summed E-state index contributed by atoms with van der Waals surface area (Å²) < 4.78 is 8.15. The van der Waals surface area contributed by atoms with Crippen molar-refractivity contribution in [2.45, 2.75) is 20.3 Å². The van der Waals surface area contributed by atoms with Gasteiger partial charge in [0, 0.05) is 50.0 Å². The first-order valence-electron chi connectivity index (χ1n) is 10.9. The second kappa shape index (κ2) is 9.33. The molecule has 3 aromatic carbocycles. The van der Waals surface area contributed by atoms with Gasteiger partial charge in [-0.1, -0.05) is 36.4 Å². The quantitative estimate of drug-likeness (QED) is 0.296. The van der Waals surface area contributed by atoms with E-state index in [9.17, 15) is 0 Å². The van der Waals surface area contributed by atoms with Crippen LogP contribution in [0.4, 0.5) is 5.69 Å². The van der Waals surface area contributed by atoms with Gasteiger partial charge in [-0.05, 0) is 42.3 Å². The van der Waals surface area contributed by atoms with Gasteiger partial charge in [0.25, 0.3) is 0 Å². The predicted molar refractivity (Wildman–Crippen MR) is 128 cm³/mol. The van der Waals surface area contributed by atoms with Gasteiger partial charge < -0.3 is 33.6 Å². The number of benzene rings is 3. The number of halogens is 1. The first-order valence-corrected chi connectivity index (χ1v) is 10.9. The van der Waals surface area contributed by atoms with E-state index >= 15 is 0 Å². The number of fused-ring (bicyclic) bond motifs is 2. The molecule has 1 aromatic heterocycles. The van der Waals surface area contributed by atoms with E-state index in [0.29, 0.717) is 6.61 Å². The summed E-state index contributed by atoms with van der Waals surface area (Å²) in [5, 5.41) is 1.22. The number of anilines is 1. The number of likely N-dealkylation sites (N-methyl/N-ethyl adjacent to an activating group) is 1. The number of nitrogens with zero attached hydrogens (tertiary/aromatic N) is 2. The molecule has 2 heterocycles. The van der Waals surface area contributed by atoms with Crippen LogP contribution in [-0.4, -0.2) is 13.7 Å². The maximum absolute atomic E-state index is 5.84. The molecule has 0 bridgehead atoms. The Labute approximate surface area is 207 Å². The van der Waals surface area contributed by atoms with Crippen LogP contribution >= 0.6 is 0 Å². The van der Waals surface area contributed by atoms with Crippen LogP contribution in [0.25, 0.3) is 22.7 Å². The molecule has 32 heavy (non-hydrogen) atoms. The number of aryl methyl sites for hydroxylation is 1. The van der Waals surface area contributed by atoms with Gasteiger partial charge in [-0.15, -0.1) is 0 Å². The summed E-state index contributed by atoms with van der Waals surface area (Å²) in [5.41, 5.74) is 8.73. The summed E-state index contributed by atoms with van der Waals surface area (Å²) in [6.07, 6.45) is 3.29. The molecule has 0 aliphatic carbocycles. The fourth-order valence-corrected chi connectivity index (χ4v) is 4.58. The van der Waals surface area contributed by atoms with E-state index in [1.165, 1.54) is 33.6 Å². The van der Waals surface area contributed by atoms with Gasteiger partial charge in [0.1, 0.15) is 5.75 Å². The van der Waals surface area contributed by atoms with E-state index in [0.717, 1.165) is 23.4 Å². The molecule has 0 N–H and O–H groups in total. The first-order chi connectivity index (χ1) is 15.2. The lowest BCUT2D eigenvalue weighted by molar-refractivity contribution is -0.574. The number of para-hydroxylation sites is 2. The van der Waals surface area contributed by atoms with Crippen molar-refractivity contribution in [2.75, 3.05) is 18.6 Å². The van der Waals surface area contributed by atoms with Crippen molar-refractivity contribution >= 4 is 22.7 Å². The van der Waals surface area contributed by atoms with E-state index in [2.05, 4.69) is 108 Å². The zero-order valence-corrected chi connectivity index (χ0v) is 20.8. The summed E-state index contributed by atoms with van der Waals surface area (Å²) in [6, 6.07) is 27.9. The summed E-state index contributed by atoms with van der Waals surface area (Å²) in [5.74, 6) is 0.897. The lowest BCUT2D eigenvalue weighted by Gasteiger charge is -2.15. The van der Waals surface area contributed by atoms with Gasteiger partial charge in [0.05, 0.1) is 18.1 Å². The van der Waals surface area contributed by atoms with Crippen LogP contribution in [0.15, 0.2) is 84.6 Å². The van der Waals surface area contributed by atoms with Crippen molar-refractivity contribution in [3.63, 3.8) is 0 Å². The fraction of sp³-hybridized carbons (Fsp3) is 0.179. The minimum absolute atomic E-state index is 0. The summed E-state index contributed by atoms with van der Waals surface area (Å²) >= 11 is 0. The highest BCUT2D eigenvalue weighted by molar-refractivity contribution is 5.88. The van der Waals surface area contributed by atoms with Crippen LogP contribution in [-0.2, 0) is 6.42 Å². The molecule has 0 spiro atoms. The number of hydrogen-bond donors (Lipinski definition) is 0. The topological polar surface area (TPSA) is 16.4 Å². The molecule has 4 aromatic rings. The van der Waals surface area contributed by atoms with Gasteiger partial charge in [0.15, 0.2) is 5.69 Å². The minimum atomic E-state index is 0. The first kappa shape index (κ1) is 22.3. The zero-order chi connectivity index (χ0) is 21.4. The highest BCUT2D eigenvalue weighted by Crippen LogP contribution is 2.35. The maximum Gasteiger partial charge on any atom is 0.222 e. The van der Waals surface area contributed by atoms with E-state index in [-0.39, 0.29) is 24.0 Å². The van der Waals surface area contributed by atoms with Gasteiger partial charge in [0.2, 0.25) is 11.2 Å². The van der Waals surface area contributed by atoms with Crippen LogP contribution in [0.1, 0.15) is 23.7 Å². The Bertz CT molecular complexity index is 1300. The van der Waals surface area contributed by atoms with E-state index in [1.807, 2.05) is 6.92 Å². The molecule has 4 heteroatoms. The Balaban J connectivity index is 0.00000245. The van der Waals surface area contributed by atoms with Gasteiger partial charge in [-0.25, -0.2) is 0 Å². The number of pyridine rings is 1. The van der Waals surface area contributed by atoms with Crippen molar-refractivity contribution in [3.05, 3.63) is 101 Å². The second-order valence-corrected chi connectivity index (χ2v) is 8.02. The third-order valence-corrected chi connectivity index (χ3v) is 6.04. The average molecular weight is 534 g/mol. The van der Waals surface area contributed by atoms with Crippen LogP contribution in [0.3, 0.4) is 0 Å². The molecule has 1 aliphatic heterocycles. The fourth-order valence-electron chi connectivity index (χ4n) is 4.58. The highest BCUT2D eigenvalue weighted by Gasteiger charge is 2.23. The molecule has 0 radical (unpaired) electrons. The summed E-state index contributed by atoms with van der Waals surface area (Å²) in [4.78, 5) is 2.31. The maximum atomic E-state index is 5.84. The molecule has 162 valence electrons. The number of ether oxygens (including phenoxy) is 1. The van der Waals surface area contributed by atoms with E-state index < -0.39 is 0 Å². The van der Waals surface area contributed by atoms with Crippen LogP contribution in [0, 0.1) is 6.92 Å². The van der Waals surface area contributed by atoms with Crippen molar-refractivity contribution in [1.29, 1.82) is 0 Å². The second-order valence-electron chi connectivity index (χ2n) is 8.02.